The van der Waals surface area contributed by atoms with E-state index in [1.54, 1.807) is 42.7 Å². The highest BCUT2D eigenvalue weighted by atomic mass is 31.2. The van der Waals surface area contributed by atoms with Gasteiger partial charge in [0.05, 0.1) is 65.0 Å². The lowest BCUT2D eigenvalue weighted by Crippen LogP contribution is -2.50. The summed E-state index contributed by atoms with van der Waals surface area (Å²) in [6, 6.07) is 14.1. The van der Waals surface area contributed by atoms with Crippen molar-refractivity contribution in [1.82, 2.24) is 23.8 Å². The smallest absolute Gasteiger partial charge is 0.382 e. The summed E-state index contributed by atoms with van der Waals surface area (Å²) in [5.41, 5.74) is -5.84. The van der Waals surface area contributed by atoms with E-state index in [9.17, 15) is 57.0 Å². The van der Waals surface area contributed by atoms with E-state index in [1.807, 2.05) is 19.1 Å². The van der Waals surface area contributed by atoms with E-state index in [0.717, 1.165) is 38.4 Å². The lowest BCUT2D eigenvalue weighted by Gasteiger charge is -2.31. The lowest BCUT2D eigenvalue weighted by molar-refractivity contribution is -0.190. The Morgan fingerprint density at radius 1 is 0.516 bits per heavy atom. The van der Waals surface area contributed by atoms with Crippen molar-refractivity contribution >= 4 is 42.0 Å². The number of nitrogens with one attached hydrogen (secondary N) is 2. The summed E-state index contributed by atoms with van der Waals surface area (Å²) in [4.78, 5) is 88.8. The summed E-state index contributed by atoms with van der Waals surface area (Å²) in [7, 11) is -6.39. The quantitative estimate of drug-likeness (QED) is 0.0554. The van der Waals surface area contributed by atoms with Crippen LogP contribution in [0, 0.1) is 0 Å². The Morgan fingerprint density at radius 2 is 0.956 bits per heavy atom. The molecule has 20 atom stereocenters. The maximum Gasteiger partial charge on any atom is 0.472 e. The van der Waals surface area contributed by atoms with E-state index in [0.29, 0.717) is 5.39 Å². The molecule has 8 aliphatic rings. The van der Waals surface area contributed by atoms with Crippen LogP contribution in [0.15, 0.2) is 92.4 Å². The molecule has 3 aromatic heterocycles. The number of benzene rings is 1. The van der Waals surface area contributed by atoms with E-state index in [4.69, 9.17) is 70.4 Å². The van der Waals surface area contributed by atoms with E-state index in [-0.39, 0.29) is 76.2 Å². The lowest BCUT2D eigenvalue weighted by atomic mass is 9.98. The van der Waals surface area contributed by atoms with Gasteiger partial charge in [-0.25, -0.2) is 28.1 Å². The zero-order valence-electron chi connectivity index (χ0n) is 50.5. The van der Waals surface area contributed by atoms with Crippen LogP contribution in [0.2, 0.25) is 0 Å². The molecular weight excluding hydrogens is 1300 g/mol. The topological polar surface area (TPSA) is 435 Å². The molecule has 8 fully saturated rings. The predicted molar refractivity (Wildman–Crippen MR) is 307 cm³/mol. The standard InChI is InChI=1S/C17H20NO8P.C13H18NO8P.C12H18N3O8P.C9H17O7P/c1-22-9-17-10-24-13(14(17)26-27(20,21)23-2)16(25-17)18-8-7-11-5-3-4-6-12(11)15(18)19;1-18-7-13-8-20-10(11(13)22-23(16,17)19-2)12(21-13)14-6-4-3-5-9(14)15;1-20-5-12-6-22-8(9(12)14-24(18,19)21-2)10(23-12)15-4-3-7(16)13-11(15)17;1-6-7-8(16-17(10,11)13-3)9(15-6,4-12-2)5-14-7/h3-8,13-14,16H,9-10H2,1-2H3,(H,20,21);3-6,10-12H,7-8H2,1-2H3,(H,16,17);3-4,8-10H,5-6H2,1-2H3,(H,13,16,17)(H2,14,18,19);6-8H,4-5H2,1-3H3,(H,10,11)/t13-,14+,16?,17?;10-,11+,12?,13?;8-,9+,10?,12?;6?,7-,8-,9?/m0001/s1. The molecule has 0 radical (unpaired) electrons. The number of aromatic amines is 1. The monoisotopic (exact) mass is 1380 g/mol. The zero-order chi connectivity index (χ0) is 66.1. The van der Waals surface area contributed by atoms with Gasteiger partial charge in [0.15, 0.2) is 18.7 Å². The number of fused-ring (bicyclic) bond motifs is 9. The highest BCUT2D eigenvalue weighted by Crippen LogP contribution is 2.57. The van der Waals surface area contributed by atoms with Gasteiger partial charge in [0.1, 0.15) is 65.1 Å². The number of aromatic nitrogens is 4. The third-order valence-electron chi connectivity index (χ3n) is 16.1. The van der Waals surface area contributed by atoms with Crippen LogP contribution in [-0.2, 0) is 107 Å². The van der Waals surface area contributed by atoms with Gasteiger partial charge in [-0.1, -0.05) is 24.3 Å². The van der Waals surface area contributed by atoms with Gasteiger partial charge in [-0.05, 0) is 30.5 Å². The van der Waals surface area contributed by atoms with Crippen molar-refractivity contribution in [2.75, 3.05) is 110 Å². The minimum absolute atomic E-state index is 0.0662. The summed E-state index contributed by atoms with van der Waals surface area (Å²) in [5, 5.41) is 3.84. The Bertz CT molecular complexity index is 3650. The van der Waals surface area contributed by atoms with E-state index in [1.165, 1.54) is 55.9 Å². The van der Waals surface area contributed by atoms with E-state index in [2.05, 4.69) is 28.2 Å². The number of nitrogens with zero attached hydrogens (tertiary/aromatic N) is 3. The number of hydrogen-bond donors (Lipinski definition) is 6. The first-order chi connectivity index (χ1) is 43.1. The SMILES string of the molecule is COCC12CO[C@H](C(C)O1)[C@H]2OP(=O)(O)OC.COCC12CO[C@H](C(n3ccc(=O)[nH]c3=O)O1)[C@H]2NP(=O)(O)OC.COCC12CO[C@H](C(n3ccc4ccccc4c3=O)O1)[C@H]2OP(=O)(O)OC.COCC12CO[C@H](C(n3ccccc3=O)O1)[C@H]2OP(=O)(O)OC. The highest BCUT2D eigenvalue weighted by molar-refractivity contribution is 7.50. The molecule has 40 heteroatoms. The number of pyridine rings is 2. The van der Waals surface area contributed by atoms with Crippen molar-refractivity contribution in [3.05, 3.63) is 115 Å². The largest absolute Gasteiger partial charge is 0.472 e. The van der Waals surface area contributed by atoms with Gasteiger partial charge in [-0.15, -0.1) is 0 Å². The maximum absolute atomic E-state index is 12.9. The maximum atomic E-state index is 12.9. The fourth-order valence-electron chi connectivity index (χ4n) is 12.1. The Labute approximate surface area is 517 Å². The van der Waals surface area contributed by atoms with Crippen LogP contribution in [0.1, 0.15) is 25.6 Å². The molecule has 12 rings (SSSR count). The Balaban J connectivity index is 0.000000145. The molecule has 0 amide bonds. The molecule has 6 N–H and O–H groups in total. The second-order valence-electron chi connectivity index (χ2n) is 21.9. The molecule has 0 aliphatic carbocycles. The van der Waals surface area contributed by atoms with Gasteiger partial charge in [0.25, 0.3) is 16.7 Å². The third-order valence-corrected chi connectivity index (χ3v) is 20.1. The normalized spacial score (nSPS) is 35.7. The van der Waals surface area contributed by atoms with Crippen LogP contribution in [0.25, 0.3) is 10.8 Å². The van der Waals surface area contributed by atoms with Crippen LogP contribution < -0.4 is 27.5 Å². The third kappa shape index (κ3) is 14.6. The summed E-state index contributed by atoms with van der Waals surface area (Å²) in [6.45, 7) is 2.91. The van der Waals surface area contributed by atoms with Gasteiger partial charge in [-0.2, -0.15) is 0 Å². The van der Waals surface area contributed by atoms with Crippen molar-refractivity contribution in [3.8, 4) is 0 Å². The fraction of sp³-hybridized carbons (Fsp3) is 0.647. The average molecular weight is 1380 g/mol. The predicted octanol–water partition coefficient (Wildman–Crippen LogP) is 0.615. The van der Waals surface area contributed by atoms with Crippen LogP contribution >= 0.6 is 31.2 Å². The number of H-pyrrole nitrogens is 1. The first-order valence-corrected chi connectivity index (χ1v) is 33.7. The Kier molecular flexibility index (Phi) is 22.2. The molecular formula is C51H73N5O31P4. The second-order valence-corrected chi connectivity index (χ2v) is 28.1. The van der Waals surface area contributed by atoms with Crippen molar-refractivity contribution in [2.24, 2.45) is 0 Å². The number of hydrogen-bond acceptors (Lipinski definition) is 27. The van der Waals surface area contributed by atoms with E-state index < -0.39 is 126 Å². The molecule has 8 bridgehead atoms. The number of rotatable bonds is 23. The van der Waals surface area contributed by atoms with Gasteiger partial charge >= 0.3 is 36.9 Å². The summed E-state index contributed by atoms with van der Waals surface area (Å²) in [6.07, 6.45) is -3.39. The van der Waals surface area contributed by atoms with E-state index >= 15 is 0 Å². The van der Waals surface area contributed by atoms with Gasteiger partial charge < -0.3 is 80.9 Å². The summed E-state index contributed by atoms with van der Waals surface area (Å²) < 4.78 is 152. The highest BCUT2D eigenvalue weighted by Gasteiger charge is 2.68. The molecule has 508 valence electrons. The van der Waals surface area contributed by atoms with Gasteiger partial charge in [0.2, 0.25) is 0 Å². The van der Waals surface area contributed by atoms with Crippen LogP contribution in [0.4, 0.5) is 0 Å². The van der Waals surface area contributed by atoms with Crippen molar-refractivity contribution in [2.45, 2.75) is 103 Å². The molecule has 0 spiro atoms. The molecule has 36 nitrogen and oxygen atoms in total. The first-order valence-electron chi connectivity index (χ1n) is 27.7. The van der Waals surface area contributed by atoms with Crippen molar-refractivity contribution in [1.29, 1.82) is 0 Å². The van der Waals surface area contributed by atoms with Crippen molar-refractivity contribution in [3.63, 3.8) is 0 Å². The first kappa shape index (κ1) is 71.3. The molecule has 8 saturated heterocycles. The number of phosphoric ester groups is 3. The molecule has 4 aromatic rings. The second kappa shape index (κ2) is 28.4. The minimum Gasteiger partial charge on any atom is -0.382 e. The van der Waals surface area contributed by atoms with Crippen molar-refractivity contribution < 1.29 is 126 Å². The zero-order valence-corrected chi connectivity index (χ0v) is 54.0. The molecule has 12 unspecified atom stereocenters. The average Bonchev–Trinajstić information content (AvgIpc) is 1.60. The summed E-state index contributed by atoms with van der Waals surface area (Å²) in [5.74, 6) is 0. The molecule has 0 saturated carbocycles. The van der Waals surface area contributed by atoms with Crippen LogP contribution in [-0.4, -0.2) is 225 Å². The van der Waals surface area contributed by atoms with Gasteiger partial charge in [-0.3, -0.25) is 60.2 Å². The molecule has 1 aromatic carbocycles. The molecule has 8 aliphatic heterocycles. The number of methoxy groups -OCH3 is 4. The minimum atomic E-state index is -4.30. The number of phosphoric acid groups is 3. The Hall–Kier alpha value is -3.98. The Morgan fingerprint density at radius 3 is 1.46 bits per heavy atom. The molecule has 11 heterocycles. The van der Waals surface area contributed by atoms with Crippen LogP contribution in [0.3, 0.4) is 0 Å². The number of ether oxygens (including phenoxy) is 12. The fourth-order valence-corrected chi connectivity index (χ4v) is 15.0. The summed E-state index contributed by atoms with van der Waals surface area (Å²) >= 11 is 0. The van der Waals surface area contributed by atoms with Crippen LogP contribution in [0.5, 0.6) is 0 Å². The molecule has 91 heavy (non-hydrogen) atoms. The van der Waals surface area contributed by atoms with Gasteiger partial charge in [0, 0.05) is 93.0 Å².